The molecule has 2 aromatic carbocycles. The van der Waals surface area contributed by atoms with Gasteiger partial charge in [-0.3, -0.25) is 0 Å². The van der Waals surface area contributed by atoms with E-state index >= 15 is 0 Å². The van der Waals surface area contributed by atoms with Gasteiger partial charge in [0.2, 0.25) is 0 Å². The van der Waals surface area contributed by atoms with Gasteiger partial charge in [0.1, 0.15) is 5.75 Å². The SMILES string of the molecule is COc1cc2c(cc1Cl)CCN[C@H]2c1ccccc1. The summed E-state index contributed by atoms with van der Waals surface area (Å²) in [5.74, 6) is 0.741. The predicted molar refractivity (Wildman–Crippen MR) is 78.0 cm³/mol. The largest absolute Gasteiger partial charge is 0.495 e. The smallest absolute Gasteiger partial charge is 0.137 e. The molecule has 0 saturated heterocycles. The molecule has 2 aromatic rings. The van der Waals surface area contributed by atoms with Crippen LogP contribution in [0.4, 0.5) is 0 Å². The van der Waals surface area contributed by atoms with Crippen LogP contribution in [0, 0.1) is 0 Å². The molecule has 1 atom stereocenters. The summed E-state index contributed by atoms with van der Waals surface area (Å²) in [6.07, 6.45) is 1.00. The molecule has 1 aliphatic rings. The Hall–Kier alpha value is -1.51. The second-order valence-electron chi connectivity index (χ2n) is 4.73. The predicted octanol–water partition coefficient (Wildman–Crippen LogP) is 3.58. The Morgan fingerprint density at radius 3 is 2.74 bits per heavy atom. The third-order valence-electron chi connectivity index (χ3n) is 3.60. The van der Waals surface area contributed by atoms with Gasteiger partial charge in [-0.1, -0.05) is 41.9 Å². The van der Waals surface area contributed by atoms with Crippen molar-refractivity contribution in [3.63, 3.8) is 0 Å². The summed E-state index contributed by atoms with van der Waals surface area (Å²) in [6.45, 7) is 0.967. The molecular weight excluding hydrogens is 258 g/mol. The van der Waals surface area contributed by atoms with E-state index in [9.17, 15) is 0 Å². The molecule has 0 saturated carbocycles. The number of benzene rings is 2. The number of fused-ring (bicyclic) bond motifs is 1. The van der Waals surface area contributed by atoms with Crippen molar-refractivity contribution in [3.8, 4) is 5.75 Å². The van der Waals surface area contributed by atoms with Gasteiger partial charge in [0, 0.05) is 6.54 Å². The molecule has 0 aliphatic carbocycles. The number of ether oxygens (including phenoxy) is 1. The van der Waals surface area contributed by atoms with Crippen LogP contribution < -0.4 is 10.1 Å². The van der Waals surface area contributed by atoms with Gasteiger partial charge in [0.05, 0.1) is 18.2 Å². The summed E-state index contributed by atoms with van der Waals surface area (Å²) < 4.78 is 5.34. The minimum Gasteiger partial charge on any atom is -0.495 e. The van der Waals surface area contributed by atoms with Gasteiger partial charge in [-0.2, -0.15) is 0 Å². The van der Waals surface area contributed by atoms with E-state index in [1.54, 1.807) is 7.11 Å². The molecule has 0 unspecified atom stereocenters. The second-order valence-corrected chi connectivity index (χ2v) is 5.14. The van der Waals surface area contributed by atoms with E-state index in [1.807, 2.05) is 12.1 Å². The van der Waals surface area contributed by atoms with Gasteiger partial charge in [0.25, 0.3) is 0 Å². The molecule has 98 valence electrons. The molecule has 3 heteroatoms. The van der Waals surface area contributed by atoms with Gasteiger partial charge >= 0.3 is 0 Å². The Kier molecular flexibility index (Phi) is 3.45. The van der Waals surface area contributed by atoms with E-state index < -0.39 is 0 Å². The van der Waals surface area contributed by atoms with Gasteiger partial charge in [-0.15, -0.1) is 0 Å². The molecule has 0 radical (unpaired) electrons. The van der Waals surface area contributed by atoms with Crippen LogP contribution >= 0.6 is 11.6 Å². The monoisotopic (exact) mass is 273 g/mol. The number of methoxy groups -OCH3 is 1. The van der Waals surface area contributed by atoms with Crippen molar-refractivity contribution in [3.05, 3.63) is 64.2 Å². The fraction of sp³-hybridized carbons (Fsp3) is 0.250. The highest BCUT2D eigenvalue weighted by atomic mass is 35.5. The van der Waals surface area contributed by atoms with Crippen molar-refractivity contribution in [1.29, 1.82) is 0 Å². The number of halogens is 1. The summed E-state index contributed by atoms with van der Waals surface area (Å²) in [5, 5.41) is 4.25. The highest BCUT2D eigenvalue weighted by molar-refractivity contribution is 6.32. The van der Waals surface area contributed by atoms with Crippen molar-refractivity contribution in [2.75, 3.05) is 13.7 Å². The Morgan fingerprint density at radius 2 is 2.00 bits per heavy atom. The van der Waals surface area contributed by atoms with Crippen LogP contribution in [0.25, 0.3) is 0 Å². The Morgan fingerprint density at radius 1 is 1.21 bits per heavy atom. The highest BCUT2D eigenvalue weighted by Gasteiger charge is 2.22. The van der Waals surface area contributed by atoms with E-state index in [0.29, 0.717) is 5.02 Å². The molecule has 0 amide bonds. The lowest BCUT2D eigenvalue weighted by Gasteiger charge is -2.28. The van der Waals surface area contributed by atoms with Crippen LogP contribution in [0.15, 0.2) is 42.5 Å². The zero-order valence-corrected chi connectivity index (χ0v) is 11.6. The van der Waals surface area contributed by atoms with Crippen molar-refractivity contribution in [2.45, 2.75) is 12.5 Å². The summed E-state index contributed by atoms with van der Waals surface area (Å²) in [4.78, 5) is 0. The maximum absolute atomic E-state index is 6.21. The lowest BCUT2D eigenvalue weighted by Crippen LogP contribution is -2.30. The van der Waals surface area contributed by atoms with Crippen molar-refractivity contribution in [1.82, 2.24) is 5.32 Å². The zero-order chi connectivity index (χ0) is 13.2. The van der Waals surface area contributed by atoms with E-state index in [2.05, 4.69) is 35.6 Å². The standard InChI is InChI=1S/C16H16ClNO/c1-19-15-10-13-12(9-14(15)17)7-8-18-16(13)11-5-3-2-4-6-11/h2-6,9-10,16,18H,7-8H2,1H3/t16-/m0/s1. The molecule has 0 spiro atoms. The molecule has 0 aromatic heterocycles. The lowest BCUT2D eigenvalue weighted by molar-refractivity contribution is 0.413. The molecule has 1 heterocycles. The third-order valence-corrected chi connectivity index (χ3v) is 3.90. The van der Waals surface area contributed by atoms with Crippen LogP contribution in [0.2, 0.25) is 5.02 Å². The molecule has 1 N–H and O–H groups in total. The molecular formula is C16H16ClNO. The van der Waals surface area contributed by atoms with Gasteiger partial charge in [-0.25, -0.2) is 0 Å². The lowest BCUT2D eigenvalue weighted by atomic mass is 9.90. The van der Waals surface area contributed by atoms with E-state index in [0.717, 1.165) is 18.7 Å². The normalized spacial score (nSPS) is 17.9. The van der Waals surface area contributed by atoms with Gasteiger partial charge < -0.3 is 10.1 Å². The summed E-state index contributed by atoms with van der Waals surface area (Å²) in [6, 6.07) is 14.8. The first-order valence-electron chi connectivity index (χ1n) is 6.44. The molecule has 0 fully saturated rings. The molecule has 19 heavy (non-hydrogen) atoms. The van der Waals surface area contributed by atoms with Crippen LogP contribution in [-0.2, 0) is 6.42 Å². The average molecular weight is 274 g/mol. The number of nitrogens with one attached hydrogen (secondary N) is 1. The number of hydrogen-bond acceptors (Lipinski definition) is 2. The molecule has 2 nitrogen and oxygen atoms in total. The van der Waals surface area contributed by atoms with Crippen LogP contribution in [0.3, 0.4) is 0 Å². The molecule has 1 aliphatic heterocycles. The third kappa shape index (κ3) is 2.34. The first kappa shape index (κ1) is 12.5. The zero-order valence-electron chi connectivity index (χ0n) is 10.8. The van der Waals surface area contributed by atoms with E-state index in [-0.39, 0.29) is 6.04 Å². The maximum atomic E-state index is 6.21. The van der Waals surface area contributed by atoms with E-state index in [4.69, 9.17) is 16.3 Å². The van der Waals surface area contributed by atoms with Crippen LogP contribution in [0.1, 0.15) is 22.7 Å². The topological polar surface area (TPSA) is 21.3 Å². The van der Waals surface area contributed by atoms with Crippen molar-refractivity contribution < 1.29 is 4.74 Å². The Balaban J connectivity index is 2.09. The second kappa shape index (κ2) is 5.24. The van der Waals surface area contributed by atoms with Crippen molar-refractivity contribution in [2.24, 2.45) is 0 Å². The molecule has 0 bridgehead atoms. The quantitative estimate of drug-likeness (QED) is 0.903. The number of rotatable bonds is 2. The Bertz CT molecular complexity index is 583. The fourth-order valence-corrected chi connectivity index (χ4v) is 2.92. The first-order valence-corrected chi connectivity index (χ1v) is 6.82. The fourth-order valence-electron chi connectivity index (χ4n) is 2.66. The first-order chi connectivity index (χ1) is 9.29. The highest BCUT2D eigenvalue weighted by Crippen LogP contribution is 2.35. The maximum Gasteiger partial charge on any atom is 0.137 e. The van der Waals surface area contributed by atoms with E-state index in [1.165, 1.54) is 16.7 Å². The Labute approximate surface area is 118 Å². The number of hydrogen-bond donors (Lipinski definition) is 1. The minimum atomic E-state index is 0.219. The molecule has 3 rings (SSSR count). The summed E-state index contributed by atoms with van der Waals surface area (Å²) in [5.41, 5.74) is 3.84. The van der Waals surface area contributed by atoms with Gasteiger partial charge in [0.15, 0.2) is 0 Å². The average Bonchev–Trinajstić information content (AvgIpc) is 2.46. The summed E-state index contributed by atoms with van der Waals surface area (Å²) in [7, 11) is 1.65. The van der Waals surface area contributed by atoms with Crippen molar-refractivity contribution >= 4 is 11.6 Å². The van der Waals surface area contributed by atoms with Crippen LogP contribution in [0.5, 0.6) is 5.75 Å². The minimum absolute atomic E-state index is 0.219. The van der Waals surface area contributed by atoms with Crippen LogP contribution in [-0.4, -0.2) is 13.7 Å². The van der Waals surface area contributed by atoms with Gasteiger partial charge in [-0.05, 0) is 35.2 Å². The summed E-state index contributed by atoms with van der Waals surface area (Å²) >= 11 is 6.21.